The molecule has 1 N–H and O–H groups in total. The van der Waals surface area contributed by atoms with Crippen LogP contribution in [-0.2, 0) is 11.3 Å². The summed E-state index contributed by atoms with van der Waals surface area (Å²) in [5, 5.41) is 10.2. The van der Waals surface area contributed by atoms with Crippen LogP contribution in [0.25, 0.3) is 0 Å². The predicted molar refractivity (Wildman–Crippen MR) is 79.2 cm³/mol. The average molecular weight is 292 g/mol. The maximum Gasteiger partial charge on any atom is 0.212 e. The number of rotatable bonds is 4. The second kappa shape index (κ2) is 6.73. The summed E-state index contributed by atoms with van der Waals surface area (Å²) in [5.41, 5.74) is 1.19. The van der Waals surface area contributed by atoms with E-state index in [-0.39, 0.29) is 12.0 Å². The number of nitrogens with zero attached hydrogens (tertiary/aromatic N) is 2. The van der Waals surface area contributed by atoms with Crippen LogP contribution in [-0.4, -0.2) is 54.0 Å². The molecule has 0 unspecified atom stereocenters. The highest BCUT2D eigenvalue weighted by molar-refractivity contribution is 5.18. The first-order valence-electron chi connectivity index (χ1n) is 7.76. The Kier molecular flexibility index (Phi) is 4.73. The van der Waals surface area contributed by atoms with E-state index in [0.29, 0.717) is 25.1 Å². The van der Waals surface area contributed by atoms with Crippen molar-refractivity contribution in [3.05, 3.63) is 23.9 Å². The minimum atomic E-state index is -0.224. The van der Waals surface area contributed by atoms with Crippen molar-refractivity contribution in [1.29, 1.82) is 0 Å². The highest BCUT2D eigenvalue weighted by Gasteiger charge is 2.37. The standard InChI is InChI=1S/C16H24N2O3/c1-20-16-5-4-12(9-17-16)10-18-7-2-3-14(18)13-11-21-8-6-15(13)19/h4-5,9,13-15,19H,2-3,6-8,10-11H2,1H3/t13-,14-,15+/m1/s1. The molecule has 0 aliphatic carbocycles. The van der Waals surface area contributed by atoms with Crippen molar-refractivity contribution in [3.8, 4) is 5.88 Å². The number of methoxy groups -OCH3 is 1. The molecule has 0 saturated carbocycles. The van der Waals surface area contributed by atoms with Crippen LogP contribution in [0.5, 0.6) is 5.88 Å². The highest BCUT2D eigenvalue weighted by Crippen LogP contribution is 2.30. The minimum absolute atomic E-state index is 0.224. The molecule has 2 aliphatic heterocycles. The van der Waals surface area contributed by atoms with E-state index in [2.05, 4.69) is 16.0 Å². The van der Waals surface area contributed by atoms with Crippen molar-refractivity contribution in [2.75, 3.05) is 26.9 Å². The number of pyridine rings is 1. The number of aliphatic hydroxyl groups excluding tert-OH is 1. The molecule has 0 aromatic carbocycles. The maximum absolute atomic E-state index is 10.2. The average Bonchev–Trinajstić information content (AvgIpc) is 2.96. The first kappa shape index (κ1) is 14.8. The Hall–Kier alpha value is -1.17. The van der Waals surface area contributed by atoms with Crippen molar-refractivity contribution >= 4 is 0 Å². The lowest BCUT2D eigenvalue weighted by Crippen LogP contribution is -2.45. The van der Waals surface area contributed by atoms with E-state index in [4.69, 9.17) is 9.47 Å². The van der Waals surface area contributed by atoms with Gasteiger partial charge in [-0.25, -0.2) is 4.98 Å². The highest BCUT2D eigenvalue weighted by atomic mass is 16.5. The Morgan fingerprint density at radius 1 is 1.43 bits per heavy atom. The molecular weight excluding hydrogens is 268 g/mol. The van der Waals surface area contributed by atoms with E-state index >= 15 is 0 Å². The van der Waals surface area contributed by atoms with Crippen molar-refractivity contribution in [3.63, 3.8) is 0 Å². The summed E-state index contributed by atoms with van der Waals surface area (Å²) >= 11 is 0. The van der Waals surface area contributed by atoms with Gasteiger partial charge < -0.3 is 14.6 Å². The first-order valence-corrected chi connectivity index (χ1v) is 7.76. The van der Waals surface area contributed by atoms with Gasteiger partial charge in [-0.3, -0.25) is 4.90 Å². The van der Waals surface area contributed by atoms with E-state index in [9.17, 15) is 5.11 Å². The smallest absolute Gasteiger partial charge is 0.212 e. The Balaban J connectivity index is 1.65. The van der Waals surface area contributed by atoms with Crippen LogP contribution < -0.4 is 4.74 Å². The van der Waals surface area contributed by atoms with Gasteiger partial charge in [0.1, 0.15) is 0 Å². The Morgan fingerprint density at radius 3 is 3.05 bits per heavy atom. The molecule has 0 bridgehead atoms. The van der Waals surface area contributed by atoms with Crippen molar-refractivity contribution in [2.45, 2.75) is 38.0 Å². The van der Waals surface area contributed by atoms with Crippen LogP contribution in [0.3, 0.4) is 0 Å². The largest absolute Gasteiger partial charge is 0.481 e. The van der Waals surface area contributed by atoms with Gasteiger partial charge in [0.05, 0.1) is 19.8 Å². The molecule has 2 aliphatic rings. The van der Waals surface area contributed by atoms with Crippen LogP contribution in [0.15, 0.2) is 18.3 Å². The summed E-state index contributed by atoms with van der Waals surface area (Å²) in [5.74, 6) is 0.889. The quantitative estimate of drug-likeness (QED) is 0.910. The zero-order chi connectivity index (χ0) is 14.7. The Bertz CT molecular complexity index is 451. The number of ether oxygens (including phenoxy) is 2. The fourth-order valence-electron chi connectivity index (χ4n) is 3.51. The summed E-state index contributed by atoms with van der Waals surface area (Å²) in [7, 11) is 1.63. The van der Waals surface area contributed by atoms with Crippen molar-refractivity contribution in [1.82, 2.24) is 9.88 Å². The molecule has 2 fully saturated rings. The molecule has 1 aromatic heterocycles. The van der Waals surface area contributed by atoms with Crippen LogP contribution in [0.2, 0.25) is 0 Å². The summed E-state index contributed by atoms with van der Waals surface area (Å²) in [6.45, 7) is 3.33. The van der Waals surface area contributed by atoms with E-state index in [1.165, 1.54) is 12.0 Å². The van der Waals surface area contributed by atoms with Crippen molar-refractivity contribution < 1.29 is 14.6 Å². The first-order chi connectivity index (χ1) is 10.3. The van der Waals surface area contributed by atoms with Gasteiger partial charge in [0.15, 0.2) is 0 Å². The van der Waals surface area contributed by atoms with Crippen LogP contribution in [0, 0.1) is 5.92 Å². The molecule has 3 rings (SSSR count). The number of aromatic nitrogens is 1. The molecular formula is C16H24N2O3. The van der Waals surface area contributed by atoms with Crippen molar-refractivity contribution in [2.24, 2.45) is 5.92 Å². The lowest BCUT2D eigenvalue weighted by atomic mass is 9.89. The fourth-order valence-corrected chi connectivity index (χ4v) is 3.51. The van der Waals surface area contributed by atoms with Gasteiger partial charge in [0.2, 0.25) is 5.88 Å². The van der Waals surface area contributed by atoms with Gasteiger partial charge in [-0.05, 0) is 31.4 Å². The van der Waals surface area contributed by atoms with E-state index in [0.717, 1.165) is 25.9 Å². The second-order valence-corrected chi connectivity index (χ2v) is 5.98. The number of likely N-dealkylation sites (tertiary alicyclic amines) is 1. The predicted octanol–water partition coefficient (Wildman–Crippen LogP) is 1.45. The molecule has 2 saturated heterocycles. The van der Waals surface area contributed by atoms with E-state index in [1.54, 1.807) is 7.11 Å². The third-order valence-corrected chi connectivity index (χ3v) is 4.66. The van der Waals surface area contributed by atoms with Gasteiger partial charge in [0, 0.05) is 37.4 Å². The van der Waals surface area contributed by atoms with Gasteiger partial charge in [-0.1, -0.05) is 6.07 Å². The molecule has 3 heterocycles. The van der Waals surface area contributed by atoms with Crippen LogP contribution >= 0.6 is 0 Å². The Labute approximate surface area is 125 Å². The molecule has 0 radical (unpaired) electrons. The molecule has 116 valence electrons. The Morgan fingerprint density at radius 2 is 2.33 bits per heavy atom. The van der Waals surface area contributed by atoms with Crippen LogP contribution in [0.1, 0.15) is 24.8 Å². The number of hydrogen-bond donors (Lipinski definition) is 1. The van der Waals surface area contributed by atoms with Gasteiger partial charge in [-0.15, -0.1) is 0 Å². The topological polar surface area (TPSA) is 54.8 Å². The molecule has 0 amide bonds. The van der Waals surface area contributed by atoms with Gasteiger partial charge >= 0.3 is 0 Å². The third-order valence-electron chi connectivity index (χ3n) is 4.66. The summed E-state index contributed by atoms with van der Waals surface area (Å²) in [6, 6.07) is 4.39. The molecule has 3 atom stereocenters. The normalized spacial score (nSPS) is 30.5. The van der Waals surface area contributed by atoms with E-state index < -0.39 is 0 Å². The fraction of sp³-hybridized carbons (Fsp3) is 0.688. The summed E-state index contributed by atoms with van der Waals surface area (Å²) < 4.78 is 10.7. The van der Waals surface area contributed by atoms with Gasteiger partial charge in [0.25, 0.3) is 0 Å². The molecule has 1 aromatic rings. The number of hydrogen-bond acceptors (Lipinski definition) is 5. The molecule has 21 heavy (non-hydrogen) atoms. The zero-order valence-corrected chi connectivity index (χ0v) is 12.6. The third kappa shape index (κ3) is 3.36. The van der Waals surface area contributed by atoms with Gasteiger partial charge in [-0.2, -0.15) is 0 Å². The molecule has 0 spiro atoms. The molecule has 5 heteroatoms. The zero-order valence-electron chi connectivity index (χ0n) is 12.6. The van der Waals surface area contributed by atoms with Crippen LogP contribution in [0.4, 0.5) is 0 Å². The number of aliphatic hydroxyl groups is 1. The summed E-state index contributed by atoms with van der Waals surface area (Å²) in [4.78, 5) is 6.73. The lowest BCUT2D eigenvalue weighted by Gasteiger charge is -2.37. The maximum atomic E-state index is 10.2. The molecule has 5 nitrogen and oxygen atoms in total. The minimum Gasteiger partial charge on any atom is -0.481 e. The SMILES string of the molecule is COc1ccc(CN2CCC[C@@H]2[C@H]2COCC[C@@H]2O)cn1. The van der Waals surface area contributed by atoms with E-state index in [1.807, 2.05) is 12.3 Å². The lowest BCUT2D eigenvalue weighted by molar-refractivity contribution is -0.0636. The monoisotopic (exact) mass is 292 g/mol. The summed E-state index contributed by atoms with van der Waals surface area (Å²) in [6.07, 6.45) is 4.76. The second-order valence-electron chi connectivity index (χ2n) is 5.98.